The highest BCUT2D eigenvalue weighted by Gasteiger charge is 2.32. The summed E-state index contributed by atoms with van der Waals surface area (Å²) in [6.45, 7) is 2.02. The zero-order valence-electron chi connectivity index (χ0n) is 13.0. The van der Waals surface area contributed by atoms with Crippen LogP contribution in [0.1, 0.15) is 30.4 Å². The molecule has 0 heterocycles. The van der Waals surface area contributed by atoms with E-state index >= 15 is 0 Å². The Hall–Kier alpha value is -1.88. The molecule has 5 heteroatoms. The van der Waals surface area contributed by atoms with Crippen molar-refractivity contribution < 1.29 is 9.53 Å². The molecule has 4 nitrogen and oxygen atoms in total. The van der Waals surface area contributed by atoms with Crippen LogP contribution < -0.4 is 11.5 Å². The monoisotopic (exact) mass is 332 g/mol. The zero-order chi connectivity index (χ0) is 15.7. The van der Waals surface area contributed by atoms with Gasteiger partial charge in [-0.1, -0.05) is 55.5 Å². The molecule has 4 N–H and O–H groups in total. The molecule has 1 aliphatic rings. The van der Waals surface area contributed by atoms with Gasteiger partial charge in [-0.2, -0.15) is 0 Å². The predicted molar refractivity (Wildman–Crippen MR) is 93.3 cm³/mol. The smallest absolute Gasteiger partial charge is 0.340 e. The number of hydrogen-bond acceptors (Lipinski definition) is 4. The van der Waals surface area contributed by atoms with Crippen molar-refractivity contribution in [1.82, 2.24) is 0 Å². The van der Waals surface area contributed by atoms with Gasteiger partial charge in [-0.3, -0.25) is 0 Å². The summed E-state index contributed by atoms with van der Waals surface area (Å²) in [4.78, 5) is 12.0. The second-order valence-corrected chi connectivity index (χ2v) is 5.72. The third-order valence-corrected chi connectivity index (χ3v) is 4.31. The number of nitrogens with two attached hydrogens (primary N) is 2. The molecular formula is C18H21ClN2O2. The first kappa shape index (κ1) is 17.5. The summed E-state index contributed by atoms with van der Waals surface area (Å²) in [6.07, 6.45) is 0.337. The van der Waals surface area contributed by atoms with Crippen molar-refractivity contribution in [2.24, 2.45) is 11.5 Å². The maximum absolute atomic E-state index is 12.0. The van der Waals surface area contributed by atoms with E-state index in [1.807, 2.05) is 24.3 Å². The fraction of sp³-hybridized carbons (Fsp3) is 0.278. The Bertz CT molecular complexity index is 670. The highest BCUT2D eigenvalue weighted by molar-refractivity contribution is 5.85. The second-order valence-electron chi connectivity index (χ2n) is 5.72. The SMILES string of the molecule is CCC(N)(N)C(=O)OCC1c2ccccc2-c2ccccc21.Cl. The van der Waals surface area contributed by atoms with Crippen molar-refractivity contribution in [3.63, 3.8) is 0 Å². The third-order valence-electron chi connectivity index (χ3n) is 4.31. The van der Waals surface area contributed by atoms with Gasteiger partial charge in [-0.15, -0.1) is 12.4 Å². The molecule has 0 saturated carbocycles. The van der Waals surface area contributed by atoms with E-state index in [1.54, 1.807) is 6.92 Å². The van der Waals surface area contributed by atoms with Gasteiger partial charge in [-0.05, 0) is 28.7 Å². The topological polar surface area (TPSA) is 78.3 Å². The number of carbonyl (C=O) groups is 1. The molecule has 0 radical (unpaired) electrons. The molecule has 0 atom stereocenters. The van der Waals surface area contributed by atoms with Crippen LogP contribution in [0.15, 0.2) is 48.5 Å². The van der Waals surface area contributed by atoms with Crippen molar-refractivity contribution in [2.75, 3.05) is 6.61 Å². The number of esters is 1. The van der Waals surface area contributed by atoms with E-state index in [2.05, 4.69) is 24.3 Å². The average Bonchev–Trinajstić information content (AvgIpc) is 2.87. The first-order chi connectivity index (χ1) is 10.5. The molecule has 0 unspecified atom stereocenters. The maximum atomic E-state index is 12.0. The van der Waals surface area contributed by atoms with Gasteiger partial charge >= 0.3 is 5.97 Å². The Morgan fingerprint density at radius 3 is 2.00 bits per heavy atom. The minimum Gasteiger partial charge on any atom is -0.462 e. The van der Waals surface area contributed by atoms with Crippen LogP contribution in [0.5, 0.6) is 0 Å². The van der Waals surface area contributed by atoms with Gasteiger partial charge in [0.2, 0.25) is 0 Å². The summed E-state index contributed by atoms with van der Waals surface area (Å²) in [5.74, 6) is -0.527. The van der Waals surface area contributed by atoms with Gasteiger partial charge in [0.05, 0.1) is 0 Å². The highest BCUT2D eigenvalue weighted by Crippen LogP contribution is 2.44. The largest absolute Gasteiger partial charge is 0.462 e. The second kappa shape index (κ2) is 6.71. The van der Waals surface area contributed by atoms with E-state index in [0.717, 1.165) is 0 Å². The van der Waals surface area contributed by atoms with Crippen molar-refractivity contribution >= 4 is 18.4 Å². The van der Waals surface area contributed by atoms with E-state index in [-0.39, 0.29) is 24.9 Å². The van der Waals surface area contributed by atoms with Crippen LogP contribution in [-0.2, 0) is 9.53 Å². The molecule has 0 aromatic heterocycles. The van der Waals surface area contributed by atoms with E-state index in [0.29, 0.717) is 6.42 Å². The van der Waals surface area contributed by atoms with Crippen LogP contribution in [-0.4, -0.2) is 18.2 Å². The van der Waals surface area contributed by atoms with Gasteiger partial charge in [0.15, 0.2) is 5.66 Å². The Balaban J connectivity index is 0.00000192. The molecule has 2 aromatic carbocycles. The molecule has 1 aliphatic carbocycles. The lowest BCUT2D eigenvalue weighted by atomic mass is 9.98. The molecule has 0 amide bonds. The van der Waals surface area contributed by atoms with Crippen molar-refractivity contribution in [1.29, 1.82) is 0 Å². The Morgan fingerprint density at radius 2 is 1.52 bits per heavy atom. The van der Waals surface area contributed by atoms with Gasteiger partial charge in [0.25, 0.3) is 0 Å². The Morgan fingerprint density at radius 1 is 1.04 bits per heavy atom. The fourth-order valence-corrected chi connectivity index (χ4v) is 2.88. The van der Waals surface area contributed by atoms with Crippen molar-refractivity contribution in [2.45, 2.75) is 24.9 Å². The van der Waals surface area contributed by atoms with Crippen molar-refractivity contribution in [3.05, 3.63) is 59.7 Å². The van der Waals surface area contributed by atoms with Crippen LogP contribution in [0, 0.1) is 0 Å². The molecule has 0 aliphatic heterocycles. The molecule has 0 fully saturated rings. The quantitative estimate of drug-likeness (QED) is 0.666. The van der Waals surface area contributed by atoms with Crippen LogP contribution in [0.2, 0.25) is 0 Å². The van der Waals surface area contributed by atoms with Crippen LogP contribution in [0.4, 0.5) is 0 Å². The van der Waals surface area contributed by atoms with E-state index in [4.69, 9.17) is 16.2 Å². The maximum Gasteiger partial charge on any atom is 0.340 e. The molecule has 0 saturated heterocycles. The first-order valence-electron chi connectivity index (χ1n) is 7.48. The normalized spacial score (nSPS) is 13.0. The average molecular weight is 333 g/mol. The number of halogens is 1. The minimum absolute atomic E-state index is 0. The lowest BCUT2D eigenvalue weighted by Crippen LogP contribution is -2.56. The number of rotatable bonds is 4. The number of ether oxygens (including phenoxy) is 1. The van der Waals surface area contributed by atoms with Crippen LogP contribution in [0.3, 0.4) is 0 Å². The zero-order valence-corrected chi connectivity index (χ0v) is 13.8. The molecule has 2 aromatic rings. The minimum atomic E-state index is -1.42. The summed E-state index contributed by atoms with van der Waals surface area (Å²) in [5.41, 5.74) is 14.8. The molecular weight excluding hydrogens is 312 g/mol. The summed E-state index contributed by atoms with van der Waals surface area (Å²) in [5, 5.41) is 0. The van der Waals surface area contributed by atoms with Crippen LogP contribution >= 0.6 is 12.4 Å². The predicted octanol–water partition coefficient (Wildman–Crippen LogP) is 2.79. The van der Waals surface area contributed by atoms with E-state index in [1.165, 1.54) is 22.3 Å². The van der Waals surface area contributed by atoms with Gasteiger partial charge in [-0.25, -0.2) is 4.79 Å². The number of fused-ring (bicyclic) bond motifs is 3. The van der Waals surface area contributed by atoms with Crippen molar-refractivity contribution in [3.8, 4) is 11.1 Å². The van der Waals surface area contributed by atoms with E-state index in [9.17, 15) is 4.79 Å². The lowest BCUT2D eigenvalue weighted by molar-refractivity contribution is -0.150. The number of benzene rings is 2. The Labute approximate surface area is 142 Å². The lowest BCUT2D eigenvalue weighted by Gasteiger charge is -2.22. The summed E-state index contributed by atoms with van der Waals surface area (Å²) < 4.78 is 5.41. The first-order valence-corrected chi connectivity index (χ1v) is 7.48. The number of carbonyl (C=O) groups excluding carboxylic acids is 1. The summed E-state index contributed by atoms with van der Waals surface area (Å²) in [6, 6.07) is 16.4. The Kier molecular flexibility index (Phi) is 5.09. The summed E-state index contributed by atoms with van der Waals surface area (Å²) in [7, 11) is 0. The summed E-state index contributed by atoms with van der Waals surface area (Å²) >= 11 is 0. The third kappa shape index (κ3) is 3.11. The molecule has 0 bridgehead atoms. The fourth-order valence-electron chi connectivity index (χ4n) is 2.88. The van der Waals surface area contributed by atoms with Gasteiger partial charge < -0.3 is 16.2 Å². The molecule has 0 spiro atoms. The van der Waals surface area contributed by atoms with Gasteiger partial charge in [0, 0.05) is 5.92 Å². The van der Waals surface area contributed by atoms with E-state index < -0.39 is 11.6 Å². The van der Waals surface area contributed by atoms with Gasteiger partial charge in [0.1, 0.15) is 6.61 Å². The molecule has 122 valence electrons. The highest BCUT2D eigenvalue weighted by atomic mass is 35.5. The molecule has 23 heavy (non-hydrogen) atoms. The molecule has 3 rings (SSSR count). The number of hydrogen-bond donors (Lipinski definition) is 2. The standard InChI is InChI=1S/C18H20N2O2.ClH/c1-2-18(19,20)17(21)22-11-16-14-9-5-3-7-12(14)13-8-4-6-10-15(13)16;/h3-10,16H,2,11,19-20H2,1H3;1H. The van der Waals surface area contributed by atoms with Crippen LogP contribution in [0.25, 0.3) is 11.1 Å².